The largest absolute Gasteiger partial charge is 0.456 e. The predicted molar refractivity (Wildman–Crippen MR) is 102 cm³/mol. The summed E-state index contributed by atoms with van der Waals surface area (Å²) in [5.41, 5.74) is 1.31. The van der Waals surface area contributed by atoms with Gasteiger partial charge in [0.15, 0.2) is 6.61 Å². The van der Waals surface area contributed by atoms with E-state index in [1.54, 1.807) is 36.4 Å². The van der Waals surface area contributed by atoms with Crippen LogP contribution in [0.5, 0.6) is 0 Å². The first-order valence-electron chi connectivity index (χ1n) is 8.64. The van der Waals surface area contributed by atoms with Crippen molar-refractivity contribution in [1.29, 1.82) is 0 Å². The van der Waals surface area contributed by atoms with Crippen LogP contribution >= 0.6 is 11.6 Å². The standard InChI is InChI=1S/C20H20ClFN2O4/c21-16-5-3-15(4-6-16)20(27)24-12-10-19(26)28-13-18(25)23-11-9-14-1-7-17(22)8-2-14/h1-8H,9-13H2,(H,23,25)(H,24,27). The number of esters is 1. The van der Waals surface area contributed by atoms with Gasteiger partial charge in [0.05, 0.1) is 6.42 Å². The number of nitrogens with one attached hydrogen (secondary N) is 2. The Morgan fingerprint density at radius 1 is 0.929 bits per heavy atom. The molecule has 0 radical (unpaired) electrons. The summed E-state index contributed by atoms with van der Waals surface area (Å²) in [7, 11) is 0. The number of carbonyl (C=O) groups is 3. The molecule has 0 aliphatic rings. The smallest absolute Gasteiger partial charge is 0.308 e. The second kappa shape index (κ2) is 11.0. The molecule has 28 heavy (non-hydrogen) atoms. The van der Waals surface area contributed by atoms with E-state index in [0.717, 1.165) is 5.56 Å². The van der Waals surface area contributed by atoms with Crippen LogP contribution in [0, 0.1) is 5.82 Å². The van der Waals surface area contributed by atoms with Crippen LogP contribution in [0.25, 0.3) is 0 Å². The van der Waals surface area contributed by atoms with Gasteiger partial charge in [-0.15, -0.1) is 0 Å². The number of benzene rings is 2. The fourth-order valence-corrected chi connectivity index (χ4v) is 2.37. The molecule has 0 saturated carbocycles. The lowest BCUT2D eigenvalue weighted by molar-refractivity contribution is -0.148. The molecule has 148 valence electrons. The zero-order chi connectivity index (χ0) is 20.4. The fraction of sp³-hybridized carbons (Fsp3) is 0.250. The van der Waals surface area contributed by atoms with Gasteiger partial charge in [-0.25, -0.2) is 4.39 Å². The van der Waals surface area contributed by atoms with Crippen LogP contribution in [-0.2, 0) is 20.7 Å². The molecule has 0 aliphatic heterocycles. The van der Waals surface area contributed by atoms with Crippen molar-refractivity contribution in [1.82, 2.24) is 10.6 Å². The third kappa shape index (κ3) is 7.75. The van der Waals surface area contributed by atoms with Crippen LogP contribution in [0.2, 0.25) is 5.02 Å². The minimum atomic E-state index is -0.593. The molecule has 6 nitrogen and oxygen atoms in total. The number of halogens is 2. The molecule has 0 atom stereocenters. The number of amides is 2. The normalized spacial score (nSPS) is 10.2. The Morgan fingerprint density at radius 3 is 2.29 bits per heavy atom. The highest BCUT2D eigenvalue weighted by atomic mass is 35.5. The van der Waals surface area contributed by atoms with E-state index in [4.69, 9.17) is 16.3 Å². The van der Waals surface area contributed by atoms with Gasteiger partial charge in [-0.1, -0.05) is 23.7 Å². The molecule has 0 saturated heterocycles. The highest BCUT2D eigenvalue weighted by Gasteiger charge is 2.09. The van der Waals surface area contributed by atoms with Crippen molar-refractivity contribution in [2.45, 2.75) is 12.8 Å². The average molecular weight is 407 g/mol. The van der Waals surface area contributed by atoms with Crippen LogP contribution < -0.4 is 10.6 Å². The molecule has 2 aromatic carbocycles. The Kier molecular flexibility index (Phi) is 8.42. The zero-order valence-corrected chi connectivity index (χ0v) is 15.8. The molecular weight excluding hydrogens is 387 g/mol. The topological polar surface area (TPSA) is 84.5 Å². The first-order valence-corrected chi connectivity index (χ1v) is 9.02. The van der Waals surface area contributed by atoms with Crippen LogP contribution in [0.15, 0.2) is 48.5 Å². The summed E-state index contributed by atoms with van der Waals surface area (Å²) in [5, 5.41) is 5.72. The molecule has 2 rings (SSSR count). The fourth-order valence-electron chi connectivity index (χ4n) is 2.25. The van der Waals surface area contributed by atoms with E-state index in [1.807, 2.05) is 0 Å². The van der Waals surface area contributed by atoms with Crippen molar-refractivity contribution in [3.63, 3.8) is 0 Å². The molecule has 2 aromatic rings. The highest BCUT2D eigenvalue weighted by Crippen LogP contribution is 2.09. The van der Waals surface area contributed by atoms with Crippen molar-refractivity contribution in [3.8, 4) is 0 Å². The maximum Gasteiger partial charge on any atom is 0.308 e. The molecule has 2 N–H and O–H groups in total. The number of rotatable bonds is 9. The third-order valence-corrected chi connectivity index (χ3v) is 3.99. The van der Waals surface area contributed by atoms with Gasteiger partial charge in [0.1, 0.15) is 5.82 Å². The van der Waals surface area contributed by atoms with Gasteiger partial charge >= 0.3 is 5.97 Å². The Labute approximate surface area is 167 Å². The van der Waals surface area contributed by atoms with Crippen molar-refractivity contribution in [3.05, 3.63) is 70.5 Å². The summed E-state index contributed by atoms with van der Waals surface area (Å²) in [6.07, 6.45) is 0.485. The molecule has 0 aliphatic carbocycles. The highest BCUT2D eigenvalue weighted by molar-refractivity contribution is 6.30. The lowest BCUT2D eigenvalue weighted by atomic mass is 10.1. The second-order valence-electron chi connectivity index (χ2n) is 5.90. The van der Waals surface area contributed by atoms with Crippen LogP contribution in [-0.4, -0.2) is 37.5 Å². The lowest BCUT2D eigenvalue weighted by Gasteiger charge is -2.08. The zero-order valence-electron chi connectivity index (χ0n) is 15.0. The molecule has 0 aromatic heterocycles. The summed E-state index contributed by atoms with van der Waals surface area (Å²) in [6, 6.07) is 12.3. The van der Waals surface area contributed by atoms with Crippen molar-refractivity contribution < 1.29 is 23.5 Å². The third-order valence-electron chi connectivity index (χ3n) is 3.73. The van der Waals surface area contributed by atoms with Gasteiger partial charge in [0.25, 0.3) is 11.8 Å². The Bertz CT molecular complexity index is 810. The number of carbonyl (C=O) groups excluding carboxylic acids is 3. The van der Waals surface area contributed by atoms with E-state index in [-0.39, 0.29) is 24.7 Å². The van der Waals surface area contributed by atoms with Gasteiger partial charge in [-0.3, -0.25) is 14.4 Å². The van der Waals surface area contributed by atoms with Crippen LogP contribution in [0.3, 0.4) is 0 Å². The minimum absolute atomic E-state index is 0.0534. The van der Waals surface area contributed by atoms with E-state index < -0.39 is 18.5 Å². The lowest BCUT2D eigenvalue weighted by Crippen LogP contribution is -2.31. The Morgan fingerprint density at radius 2 is 1.61 bits per heavy atom. The summed E-state index contributed by atoms with van der Waals surface area (Å²) in [6.45, 7) is 0.0407. The molecular formula is C20H20ClFN2O4. The van der Waals surface area contributed by atoms with Crippen molar-refractivity contribution >= 4 is 29.4 Å². The molecule has 0 bridgehead atoms. The monoisotopic (exact) mass is 406 g/mol. The summed E-state index contributed by atoms with van der Waals surface area (Å²) in [5.74, 6) is -1.67. The van der Waals surface area contributed by atoms with Crippen LogP contribution in [0.4, 0.5) is 4.39 Å². The molecule has 0 fully saturated rings. The first kappa shape index (κ1) is 21.4. The van der Waals surface area contributed by atoms with E-state index in [2.05, 4.69) is 10.6 Å². The maximum absolute atomic E-state index is 12.8. The van der Waals surface area contributed by atoms with Gasteiger partial charge < -0.3 is 15.4 Å². The number of hydrogen-bond donors (Lipinski definition) is 2. The van der Waals surface area contributed by atoms with Gasteiger partial charge in [0.2, 0.25) is 0 Å². The number of hydrogen-bond acceptors (Lipinski definition) is 4. The van der Waals surface area contributed by atoms with E-state index >= 15 is 0 Å². The maximum atomic E-state index is 12.8. The average Bonchev–Trinajstić information content (AvgIpc) is 2.68. The molecule has 0 heterocycles. The van der Waals surface area contributed by atoms with Gasteiger partial charge in [0, 0.05) is 23.7 Å². The summed E-state index contributed by atoms with van der Waals surface area (Å²) < 4.78 is 17.7. The molecule has 2 amide bonds. The summed E-state index contributed by atoms with van der Waals surface area (Å²) in [4.78, 5) is 35.2. The second-order valence-corrected chi connectivity index (χ2v) is 6.34. The van der Waals surface area contributed by atoms with Crippen molar-refractivity contribution in [2.24, 2.45) is 0 Å². The van der Waals surface area contributed by atoms with Gasteiger partial charge in [-0.05, 0) is 48.4 Å². The molecule has 0 spiro atoms. The predicted octanol–water partition coefficient (Wildman–Crippen LogP) is 2.50. The Balaban J connectivity index is 1.57. The van der Waals surface area contributed by atoms with E-state index in [9.17, 15) is 18.8 Å². The Hall–Kier alpha value is -2.93. The van der Waals surface area contributed by atoms with Gasteiger partial charge in [-0.2, -0.15) is 0 Å². The van der Waals surface area contributed by atoms with Crippen molar-refractivity contribution in [2.75, 3.05) is 19.7 Å². The van der Waals surface area contributed by atoms with E-state index in [1.165, 1.54) is 12.1 Å². The molecule has 8 heteroatoms. The van der Waals surface area contributed by atoms with E-state index in [0.29, 0.717) is 23.6 Å². The minimum Gasteiger partial charge on any atom is -0.456 e. The SMILES string of the molecule is O=C(COC(=O)CCNC(=O)c1ccc(Cl)cc1)NCCc1ccc(F)cc1. The molecule has 0 unspecified atom stereocenters. The first-order chi connectivity index (χ1) is 13.4. The van der Waals surface area contributed by atoms with Crippen LogP contribution in [0.1, 0.15) is 22.3 Å². The number of ether oxygens (including phenoxy) is 1. The quantitative estimate of drug-likeness (QED) is 0.627. The summed E-state index contributed by atoms with van der Waals surface area (Å²) >= 11 is 5.75.